The summed E-state index contributed by atoms with van der Waals surface area (Å²) in [6.45, 7) is 3.45. The van der Waals surface area contributed by atoms with Crippen molar-refractivity contribution in [2.24, 2.45) is 0 Å². The molecule has 2 atom stereocenters. The molecule has 0 N–H and O–H groups in total. The predicted octanol–water partition coefficient (Wildman–Crippen LogP) is 0.537. The molecule has 2 heteroatoms. The van der Waals surface area contributed by atoms with Gasteiger partial charge >= 0.3 is 0 Å². The molecule has 8 heavy (non-hydrogen) atoms. The minimum Gasteiger partial charge on any atom is -0.276 e. The van der Waals surface area contributed by atoms with Gasteiger partial charge in [0, 0.05) is 6.92 Å². The fourth-order valence-electron chi connectivity index (χ4n) is 1.41. The van der Waals surface area contributed by atoms with E-state index < -0.39 is 0 Å². The maximum absolute atomic E-state index is 2.35. The molecule has 2 bridgehead atoms. The first kappa shape index (κ1) is 4.39. The van der Waals surface area contributed by atoms with Gasteiger partial charge < -0.3 is 0 Å². The summed E-state index contributed by atoms with van der Waals surface area (Å²) in [5, 5.41) is 0. The highest BCUT2D eigenvalue weighted by atomic mass is 15.6. The highest BCUT2D eigenvalue weighted by Gasteiger charge is 2.48. The van der Waals surface area contributed by atoms with Crippen LogP contribution in [-0.2, 0) is 0 Å². The zero-order valence-corrected chi connectivity index (χ0v) is 5.33. The Balaban J connectivity index is 2.32. The van der Waals surface area contributed by atoms with E-state index in [-0.39, 0.29) is 0 Å². The highest BCUT2D eigenvalue weighted by molar-refractivity contribution is 4.91. The number of hydrogen-bond donors (Lipinski definition) is 0. The van der Waals surface area contributed by atoms with Gasteiger partial charge in [0.05, 0.1) is 13.2 Å². The molecular weight excluding hydrogens is 100 g/mol. The van der Waals surface area contributed by atoms with Crippen LogP contribution >= 0.6 is 0 Å². The van der Waals surface area contributed by atoms with E-state index in [9.17, 15) is 0 Å². The Labute approximate surface area is 49.6 Å². The predicted molar refractivity (Wildman–Crippen MR) is 31.5 cm³/mol. The van der Waals surface area contributed by atoms with Gasteiger partial charge in [-0.1, -0.05) is 0 Å². The Morgan fingerprint density at radius 1 is 1.75 bits per heavy atom. The molecule has 0 aliphatic carbocycles. The molecule has 44 valence electrons. The molecule has 0 aromatic heterocycles. The van der Waals surface area contributed by atoms with Crippen molar-refractivity contribution < 1.29 is 4.48 Å². The van der Waals surface area contributed by atoms with Gasteiger partial charge in [0.25, 0.3) is 0 Å². The Hall–Kier alpha value is -0.500. The zero-order valence-electron chi connectivity index (χ0n) is 5.33. The van der Waals surface area contributed by atoms with E-state index in [1.165, 1.54) is 6.67 Å². The Morgan fingerprint density at radius 3 is 2.62 bits per heavy atom. The molecule has 3 aliphatic rings. The van der Waals surface area contributed by atoms with Gasteiger partial charge in [-0.05, 0) is 0 Å². The SMILES string of the molecule is CC1N2C=C[N+]1(C)C2. The third-order valence-electron chi connectivity index (χ3n) is 2.40. The number of hydrogen-bond acceptors (Lipinski definition) is 1. The van der Waals surface area contributed by atoms with Crippen molar-refractivity contribution in [3.8, 4) is 0 Å². The molecule has 2 unspecified atom stereocenters. The van der Waals surface area contributed by atoms with Crippen LogP contribution in [0.3, 0.4) is 0 Å². The first-order chi connectivity index (χ1) is 3.72. The monoisotopic (exact) mass is 111 g/mol. The normalized spacial score (nSPS) is 49.8. The van der Waals surface area contributed by atoms with Gasteiger partial charge in [-0.25, -0.2) is 0 Å². The van der Waals surface area contributed by atoms with Crippen molar-refractivity contribution in [3.63, 3.8) is 0 Å². The van der Waals surface area contributed by atoms with Gasteiger partial charge in [0.1, 0.15) is 6.20 Å². The first-order valence-electron chi connectivity index (χ1n) is 3.02. The second-order valence-corrected chi connectivity index (χ2v) is 2.93. The highest BCUT2D eigenvalue weighted by Crippen LogP contribution is 2.33. The molecule has 0 aromatic rings. The lowest BCUT2D eigenvalue weighted by Crippen LogP contribution is -2.64. The Morgan fingerprint density at radius 2 is 2.50 bits per heavy atom. The molecule has 0 saturated carbocycles. The summed E-state index contributed by atoms with van der Waals surface area (Å²) >= 11 is 0. The first-order valence-corrected chi connectivity index (χ1v) is 3.02. The largest absolute Gasteiger partial charge is 0.276 e. The van der Waals surface area contributed by atoms with Gasteiger partial charge in [0.2, 0.25) is 0 Å². The molecule has 3 rings (SSSR count). The van der Waals surface area contributed by atoms with Crippen molar-refractivity contribution in [1.29, 1.82) is 0 Å². The molecule has 0 aromatic carbocycles. The maximum atomic E-state index is 2.35. The molecule has 1 fully saturated rings. The third-order valence-corrected chi connectivity index (χ3v) is 2.40. The lowest BCUT2D eigenvalue weighted by Gasteiger charge is -2.46. The Kier molecular flexibility index (Phi) is 0.513. The van der Waals surface area contributed by atoms with Crippen LogP contribution in [-0.4, -0.2) is 29.3 Å². The number of nitrogens with zero attached hydrogens (tertiary/aromatic N) is 2. The summed E-state index contributed by atoms with van der Waals surface area (Å²) in [5.74, 6) is 0. The van der Waals surface area contributed by atoms with Gasteiger partial charge in [-0.2, -0.15) is 0 Å². The van der Waals surface area contributed by atoms with E-state index >= 15 is 0 Å². The third kappa shape index (κ3) is 0.265. The fourth-order valence-corrected chi connectivity index (χ4v) is 1.41. The Bertz CT molecular complexity index is 153. The van der Waals surface area contributed by atoms with Crippen LogP contribution in [0.25, 0.3) is 0 Å². The number of quaternary nitrogens is 1. The minimum atomic E-state index is 0.718. The topological polar surface area (TPSA) is 3.24 Å². The summed E-state index contributed by atoms with van der Waals surface area (Å²) in [5.41, 5.74) is 0. The van der Waals surface area contributed by atoms with Crippen LogP contribution in [0.4, 0.5) is 0 Å². The molecule has 0 spiro atoms. The molecule has 1 saturated heterocycles. The van der Waals surface area contributed by atoms with Gasteiger partial charge in [-0.15, -0.1) is 0 Å². The quantitative estimate of drug-likeness (QED) is 0.412. The summed E-state index contributed by atoms with van der Waals surface area (Å²) < 4.78 is 1.12. The second-order valence-electron chi connectivity index (χ2n) is 2.93. The van der Waals surface area contributed by atoms with E-state index in [4.69, 9.17) is 0 Å². The summed E-state index contributed by atoms with van der Waals surface area (Å²) in [4.78, 5) is 2.35. The molecule has 2 nitrogen and oxygen atoms in total. The summed E-state index contributed by atoms with van der Waals surface area (Å²) in [6.07, 6.45) is 5.16. The van der Waals surface area contributed by atoms with E-state index in [1.807, 2.05) is 0 Å². The lowest BCUT2D eigenvalue weighted by molar-refractivity contribution is -0.945. The minimum absolute atomic E-state index is 0.718. The van der Waals surface area contributed by atoms with Crippen LogP contribution in [0.5, 0.6) is 0 Å². The summed E-state index contributed by atoms with van der Waals surface area (Å²) in [6, 6.07) is 0. The van der Waals surface area contributed by atoms with Gasteiger partial charge in [-0.3, -0.25) is 9.38 Å². The zero-order chi connectivity index (χ0) is 5.78. The van der Waals surface area contributed by atoms with Crippen molar-refractivity contribution in [2.45, 2.75) is 13.1 Å². The second kappa shape index (κ2) is 0.935. The van der Waals surface area contributed by atoms with Gasteiger partial charge in [0.15, 0.2) is 12.8 Å². The molecule has 3 heterocycles. The van der Waals surface area contributed by atoms with E-state index in [2.05, 4.69) is 31.3 Å². The van der Waals surface area contributed by atoms with Crippen LogP contribution in [0, 0.1) is 0 Å². The molecule has 3 aliphatic heterocycles. The lowest BCUT2D eigenvalue weighted by atomic mass is 10.3. The molecule has 0 amide bonds. The van der Waals surface area contributed by atoms with E-state index in [0.29, 0.717) is 0 Å². The molecule has 0 radical (unpaired) electrons. The molecular formula is C6H11N2+. The van der Waals surface area contributed by atoms with E-state index in [1.54, 1.807) is 0 Å². The van der Waals surface area contributed by atoms with Crippen molar-refractivity contribution in [1.82, 2.24) is 4.90 Å². The van der Waals surface area contributed by atoms with E-state index in [0.717, 1.165) is 10.6 Å². The average Bonchev–Trinajstić information content (AvgIpc) is 2.21. The van der Waals surface area contributed by atoms with Crippen molar-refractivity contribution in [2.75, 3.05) is 13.7 Å². The smallest absolute Gasteiger partial charge is 0.171 e. The summed E-state index contributed by atoms with van der Waals surface area (Å²) in [7, 11) is 2.25. The van der Waals surface area contributed by atoms with Crippen LogP contribution in [0.2, 0.25) is 0 Å². The number of rotatable bonds is 0. The van der Waals surface area contributed by atoms with Crippen LogP contribution < -0.4 is 0 Å². The average molecular weight is 111 g/mol. The van der Waals surface area contributed by atoms with Crippen LogP contribution in [0.1, 0.15) is 6.92 Å². The standard InChI is InChI=1S/C6H11N2/c1-6-7-3-4-8(6,2)5-7/h3-4,6H,5H2,1-2H3/q+1. The van der Waals surface area contributed by atoms with Crippen molar-refractivity contribution in [3.05, 3.63) is 12.4 Å². The fraction of sp³-hybridized carbons (Fsp3) is 0.667. The maximum Gasteiger partial charge on any atom is 0.171 e. The van der Waals surface area contributed by atoms with Crippen LogP contribution in [0.15, 0.2) is 12.4 Å². The van der Waals surface area contributed by atoms with Crippen molar-refractivity contribution >= 4 is 0 Å².